The molecule has 1 heterocycles. The summed E-state index contributed by atoms with van der Waals surface area (Å²) in [5, 5.41) is 11.9. The maximum Gasteiger partial charge on any atom is 0.303 e. The van der Waals surface area contributed by atoms with Gasteiger partial charge < -0.3 is 15.2 Å². The molecule has 1 unspecified atom stereocenters. The Bertz CT molecular complexity index is 203. The quantitative estimate of drug-likeness (QED) is 0.609. The second-order valence-electron chi connectivity index (χ2n) is 4.73. The predicted octanol–water partition coefficient (Wildman–Crippen LogP) is 2.18. The van der Waals surface area contributed by atoms with Gasteiger partial charge in [-0.25, -0.2) is 0 Å². The molecule has 4 heteroatoms. The number of carboxylic acids is 1. The summed E-state index contributed by atoms with van der Waals surface area (Å²) < 4.78 is 5.64. The summed E-state index contributed by atoms with van der Waals surface area (Å²) >= 11 is 0. The summed E-state index contributed by atoms with van der Waals surface area (Å²) in [6.07, 6.45) is 8.46. The topological polar surface area (TPSA) is 58.6 Å². The minimum atomic E-state index is -0.688. The fourth-order valence-electron chi connectivity index (χ4n) is 2.13. The van der Waals surface area contributed by atoms with Gasteiger partial charge in [0, 0.05) is 13.0 Å². The van der Waals surface area contributed by atoms with Gasteiger partial charge in [0.2, 0.25) is 0 Å². The molecule has 1 saturated heterocycles. The van der Waals surface area contributed by atoms with Gasteiger partial charge >= 0.3 is 5.97 Å². The molecule has 1 rings (SSSR count). The highest BCUT2D eigenvalue weighted by molar-refractivity contribution is 5.66. The van der Waals surface area contributed by atoms with Crippen molar-refractivity contribution < 1.29 is 14.6 Å². The van der Waals surface area contributed by atoms with Gasteiger partial charge in [0.15, 0.2) is 0 Å². The van der Waals surface area contributed by atoms with Crippen molar-refractivity contribution in [1.82, 2.24) is 5.32 Å². The monoisotopic (exact) mass is 243 g/mol. The lowest BCUT2D eigenvalue weighted by atomic mass is 10.1. The lowest BCUT2D eigenvalue weighted by molar-refractivity contribution is -0.137. The molecule has 1 aliphatic heterocycles. The predicted molar refractivity (Wildman–Crippen MR) is 67.2 cm³/mol. The molecule has 100 valence electrons. The Morgan fingerprint density at radius 1 is 1.24 bits per heavy atom. The van der Waals surface area contributed by atoms with Crippen molar-refractivity contribution in [2.24, 2.45) is 0 Å². The number of hydrogen-bond acceptors (Lipinski definition) is 3. The number of ether oxygens (including phenoxy) is 1. The van der Waals surface area contributed by atoms with Gasteiger partial charge in [-0.2, -0.15) is 0 Å². The van der Waals surface area contributed by atoms with E-state index in [-0.39, 0.29) is 0 Å². The number of carbonyl (C=O) groups is 1. The Balaban J connectivity index is 1.79. The summed E-state index contributed by atoms with van der Waals surface area (Å²) in [6, 6.07) is 0. The first-order chi connectivity index (χ1) is 8.29. The number of unbranched alkanes of at least 4 members (excludes halogenated alkanes) is 2. The van der Waals surface area contributed by atoms with E-state index in [4.69, 9.17) is 9.84 Å². The van der Waals surface area contributed by atoms with Crippen molar-refractivity contribution in [2.45, 2.75) is 57.5 Å². The molecule has 0 spiro atoms. The molecule has 17 heavy (non-hydrogen) atoms. The second kappa shape index (κ2) is 9.42. The number of nitrogens with one attached hydrogen (secondary N) is 1. The van der Waals surface area contributed by atoms with E-state index in [0.717, 1.165) is 45.4 Å². The van der Waals surface area contributed by atoms with E-state index < -0.39 is 5.97 Å². The summed E-state index contributed by atoms with van der Waals surface area (Å²) in [5.74, 6) is -0.688. The Morgan fingerprint density at radius 3 is 2.82 bits per heavy atom. The molecule has 0 radical (unpaired) electrons. The molecule has 0 amide bonds. The summed E-state index contributed by atoms with van der Waals surface area (Å²) in [6.45, 7) is 2.94. The highest BCUT2D eigenvalue weighted by atomic mass is 16.5. The van der Waals surface area contributed by atoms with Gasteiger partial charge in [-0.15, -0.1) is 0 Å². The third-order valence-electron chi connectivity index (χ3n) is 3.16. The minimum Gasteiger partial charge on any atom is -0.481 e. The van der Waals surface area contributed by atoms with E-state index in [0.29, 0.717) is 12.5 Å². The van der Waals surface area contributed by atoms with Gasteiger partial charge in [0.25, 0.3) is 0 Å². The van der Waals surface area contributed by atoms with Crippen LogP contribution < -0.4 is 5.32 Å². The van der Waals surface area contributed by atoms with Gasteiger partial charge in [0.1, 0.15) is 0 Å². The van der Waals surface area contributed by atoms with Gasteiger partial charge in [-0.05, 0) is 51.6 Å². The zero-order valence-electron chi connectivity index (χ0n) is 10.6. The Labute approximate surface area is 104 Å². The van der Waals surface area contributed by atoms with Crippen molar-refractivity contribution in [2.75, 3.05) is 19.7 Å². The summed E-state index contributed by atoms with van der Waals surface area (Å²) in [4.78, 5) is 10.3. The number of hydrogen-bond donors (Lipinski definition) is 2. The summed E-state index contributed by atoms with van der Waals surface area (Å²) in [5.41, 5.74) is 0. The van der Waals surface area contributed by atoms with Crippen molar-refractivity contribution in [1.29, 1.82) is 0 Å². The van der Waals surface area contributed by atoms with Crippen molar-refractivity contribution in [3.63, 3.8) is 0 Å². The maximum absolute atomic E-state index is 10.3. The van der Waals surface area contributed by atoms with Crippen LogP contribution in [0.5, 0.6) is 0 Å². The number of rotatable bonds is 9. The Morgan fingerprint density at radius 2 is 2.12 bits per heavy atom. The third-order valence-corrected chi connectivity index (χ3v) is 3.16. The van der Waals surface area contributed by atoms with Crippen LogP contribution >= 0.6 is 0 Å². The van der Waals surface area contributed by atoms with Crippen LogP contribution in [0.15, 0.2) is 0 Å². The molecule has 4 nitrogen and oxygen atoms in total. The smallest absolute Gasteiger partial charge is 0.303 e. The van der Waals surface area contributed by atoms with Gasteiger partial charge in [0.05, 0.1) is 6.10 Å². The van der Waals surface area contributed by atoms with Gasteiger partial charge in [-0.1, -0.05) is 6.42 Å². The number of aliphatic carboxylic acids is 1. The molecule has 2 N–H and O–H groups in total. The fraction of sp³-hybridized carbons (Fsp3) is 0.923. The van der Waals surface area contributed by atoms with Crippen LogP contribution in [0.2, 0.25) is 0 Å². The van der Waals surface area contributed by atoms with E-state index in [1.54, 1.807) is 0 Å². The van der Waals surface area contributed by atoms with Crippen LogP contribution in [0.25, 0.3) is 0 Å². The van der Waals surface area contributed by atoms with Crippen LogP contribution in [-0.2, 0) is 9.53 Å². The molecular formula is C13H25NO3. The van der Waals surface area contributed by atoms with Crippen molar-refractivity contribution >= 4 is 5.97 Å². The van der Waals surface area contributed by atoms with Gasteiger partial charge in [-0.3, -0.25) is 4.79 Å². The normalized spacial score (nSPS) is 20.4. The summed E-state index contributed by atoms with van der Waals surface area (Å²) in [7, 11) is 0. The van der Waals surface area contributed by atoms with Crippen molar-refractivity contribution in [3.05, 3.63) is 0 Å². The van der Waals surface area contributed by atoms with Crippen LogP contribution in [0.1, 0.15) is 51.4 Å². The highest BCUT2D eigenvalue weighted by Crippen LogP contribution is 2.14. The van der Waals surface area contributed by atoms with Crippen molar-refractivity contribution in [3.8, 4) is 0 Å². The molecule has 0 aromatic carbocycles. The van der Waals surface area contributed by atoms with Crippen LogP contribution in [-0.4, -0.2) is 36.9 Å². The first kappa shape index (κ1) is 14.5. The highest BCUT2D eigenvalue weighted by Gasteiger charge is 2.12. The standard InChI is InChI=1S/C13H25NO3/c15-13(16)7-2-1-4-9-14-10-8-12-6-3-5-11-17-12/h12,14H,1-11H2,(H,15,16). The molecule has 1 fully saturated rings. The molecule has 0 aromatic heterocycles. The lowest BCUT2D eigenvalue weighted by Gasteiger charge is -2.22. The molecule has 1 aliphatic rings. The van der Waals surface area contributed by atoms with E-state index >= 15 is 0 Å². The SMILES string of the molecule is O=C(O)CCCCCNCCC1CCCCO1. The van der Waals surface area contributed by atoms with Crippen LogP contribution in [0, 0.1) is 0 Å². The minimum absolute atomic E-state index is 0.302. The molecule has 1 atom stereocenters. The molecule has 0 saturated carbocycles. The van der Waals surface area contributed by atoms with E-state index in [1.165, 1.54) is 19.3 Å². The second-order valence-corrected chi connectivity index (χ2v) is 4.73. The Kier molecular flexibility index (Phi) is 8.01. The van der Waals surface area contributed by atoms with E-state index in [9.17, 15) is 4.79 Å². The fourth-order valence-corrected chi connectivity index (χ4v) is 2.13. The van der Waals surface area contributed by atoms with E-state index in [2.05, 4.69) is 5.32 Å². The van der Waals surface area contributed by atoms with E-state index in [1.807, 2.05) is 0 Å². The lowest BCUT2D eigenvalue weighted by Crippen LogP contribution is -2.25. The Hall–Kier alpha value is -0.610. The molecule has 0 aliphatic carbocycles. The third kappa shape index (κ3) is 8.16. The largest absolute Gasteiger partial charge is 0.481 e. The average molecular weight is 243 g/mol. The first-order valence-corrected chi connectivity index (χ1v) is 6.83. The molecular weight excluding hydrogens is 218 g/mol. The molecule has 0 aromatic rings. The maximum atomic E-state index is 10.3. The van der Waals surface area contributed by atoms with Crippen LogP contribution in [0.3, 0.4) is 0 Å². The molecule has 0 bridgehead atoms. The van der Waals surface area contributed by atoms with Crippen LogP contribution in [0.4, 0.5) is 0 Å². The number of carboxylic acid groups (broad SMARTS) is 1. The first-order valence-electron chi connectivity index (χ1n) is 6.83. The zero-order valence-corrected chi connectivity index (χ0v) is 10.6. The average Bonchev–Trinajstić information content (AvgIpc) is 2.33. The zero-order chi connectivity index (χ0) is 12.3.